The van der Waals surface area contributed by atoms with Crippen molar-refractivity contribution in [2.24, 2.45) is 40.4 Å². The third-order valence-electron chi connectivity index (χ3n) is 13.7. The first-order valence-electron chi connectivity index (χ1n) is 23.4. The molecule has 0 spiro atoms. The Balaban J connectivity index is 1.17. The topological polar surface area (TPSA) is 26.3 Å². The van der Waals surface area contributed by atoms with Crippen LogP contribution in [-0.2, 0) is 9.53 Å². The van der Waals surface area contributed by atoms with Gasteiger partial charge in [-0.2, -0.15) is 0 Å². The van der Waals surface area contributed by atoms with Gasteiger partial charge in [0.2, 0.25) is 0 Å². The lowest BCUT2D eigenvalue weighted by Crippen LogP contribution is -2.51. The van der Waals surface area contributed by atoms with Crippen molar-refractivity contribution in [3.05, 3.63) is 35.5 Å². The lowest BCUT2D eigenvalue weighted by atomic mass is 9.47. The summed E-state index contributed by atoms with van der Waals surface area (Å²) in [6.07, 6.45) is 36.1. The average Bonchev–Trinajstić information content (AvgIpc) is 3.44. The lowest BCUT2D eigenvalue weighted by Gasteiger charge is -2.58. The SMILES string of the molecule is [2H]C([2H])([2H])C(=CCC[C@@H](C)[C@H]1CC[C@H]2[C@@H]3CC=C4C[C@@H](OC(=O)CCCCCCC/C=C\CCCCCCCC)CC[C@]4(C)[C@H]3CC[C@]12C)C([2H])([2H])[2H]. The number of hydrogen-bond acceptors (Lipinski definition) is 2. The highest BCUT2D eigenvalue weighted by Gasteiger charge is 2.59. The predicted molar refractivity (Wildman–Crippen MR) is 202 cm³/mol. The van der Waals surface area contributed by atoms with Crippen LogP contribution in [0.4, 0.5) is 0 Å². The monoisotopic (exact) mass is 655 g/mol. The number of carbonyl (C=O) groups is 1. The minimum absolute atomic E-state index is 0.00593. The third kappa shape index (κ3) is 10.6. The lowest BCUT2D eigenvalue weighted by molar-refractivity contribution is -0.151. The Bertz CT molecular complexity index is 1220. The van der Waals surface area contributed by atoms with E-state index >= 15 is 0 Å². The minimum Gasteiger partial charge on any atom is -0.462 e. The zero-order chi connectivity index (χ0) is 38.7. The molecule has 3 fully saturated rings. The molecule has 8 atom stereocenters. The van der Waals surface area contributed by atoms with Crippen LogP contribution in [0.25, 0.3) is 0 Å². The van der Waals surface area contributed by atoms with Gasteiger partial charge < -0.3 is 4.74 Å². The van der Waals surface area contributed by atoms with Gasteiger partial charge in [0.05, 0.1) is 0 Å². The molecule has 0 unspecified atom stereocenters. The standard InChI is InChI=1S/C45H76O2/c1-7-8-9-10-11-12-13-14-15-16-17-18-19-20-21-25-43(46)47-38-30-32-44(5)37(34-38)26-27-39-41-29-28-40(36(4)24-22-23-35(2)3)45(41,6)33-31-42(39)44/h14-15,23,26,36,38-42H,7-13,16-22,24-25,27-34H2,1-6H3/b15-14-/t36-,38+,39+,40-,41+,42+,44+,45-/m1/s1/i2D3,3D3. The van der Waals surface area contributed by atoms with E-state index in [-0.39, 0.29) is 28.5 Å². The quantitative estimate of drug-likeness (QED) is 0.0742. The van der Waals surface area contributed by atoms with E-state index in [9.17, 15) is 4.79 Å². The van der Waals surface area contributed by atoms with Gasteiger partial charge in [0, 0.05) is 21.1 Å². The summed E-state index contributed by atoms with van der Waals surface area (Å²) in [7, 11) is 0. The van der Waals surface area contributed by atoms with Crippen molar-refractivity contribution in [3.63, 3.8) is 0 Å². The molecular formula is C45H76O2. The second-order valence-electron chi connectivity index (χ2n) is 16.8. The molecule has 0 aromatic rings. The van der Waals surface area contributed by atoms with Gasteiger partial charge in [-0.15, -0.1) is 0 Å². The smallest absolute Gasteiger partial charge is 0.306 e. The highest BCUT2D eigenvalue weighted by Crippen LogP contribution is 2.67. The number of fused-ring (bicyclic) bond motifs is 5. The Morgan fingerprint density at radius 2 is 1.60 bits per heavy atom. The molecule has 4 aliphatic carbocycles. The molecule has 0 aliphatic heterocycles. The van der Waals surface area contributed by atoms with Gasteiger partial charge in [-0.1, -0.05) is 115 Å². The van der Waals surface area contributed by atoms with Crippen molar-refractivity contribution in [1.29, 1.82) is 0 Å². The summed E-state index contributed by atoms with van der Waals surface area (Å²) >= 11 is 0. The highest BCUT2D eigenvalue weighted by molar-refractivity contribution is 5.69. The molecule has 0 bridgehead atoms. The first-order valence-corrected chi connectivity index (χ1v) is 20.4. The molecule has 3 saturated carbocycles. The second kappa shape index (κ2) is 19.2. The molecule has 4 aliphatic rings. The molecule has 47 heavy (non-hydrogen) atoms. The summed E-state index contributed by atoms with van der Waals surface area (Å²) in [5, 5.41) is 0. The second-order valence-corrected chi connectivity index (χ2v) is 16.8. The average molecular weight is 655 g/mol. The fourth-order valence-electron chi connectivity index (χ4n) is 11.0. The van der Waals surface area contributed by atoms with Crippen molar-refractivity contribution in [2.75, 3.05) is 0 Å². The fourth-order valence-corrected chi connectivity index (χ4v) is 11.0. The minimum atomic E-state index is -2.58. The van der Waals surface area contributed by atoms with Crippen LogP contribution in [0.2, 0.25) is 0 Å². The Hall–Kier alpha value is -1.31. The maximum atomic E-state index is 12.8. The van der Waals surface area contributed by atoms with Crippen molar-refractivity contribution < 1.29 is 17.8 Å². The van der Waals surface area contributed by atoms with Crippen molar-refractivity contribution in [1.82, 2.24) is 0 Å². The highest BCUT2D eigenvalue weighted by atomic mass is 16.5. The van der Waals surface area contributed by atoms with Crippen LogP contribution in [0, 0.1) is 40.4 Å². The molecule has 0 N–H and O–H groups in total. The Labute approximate surface area is 300 Å². The summed E-state index contributed by atoms with van der Waals surface area (Å²) in [5.41, 5.74) is 1.64. The summed E-state index contributed by atoms with van der Waals surface area (Å²) in [5.74, 6) is 3.08. The van der Waals surface area contributed by atoms with Crippen molar-refractivity contribution in [3.8, 4) is 0 Å². The van der Waals surface area contributed by atoms with E-state index in [1.807, 2.05) is 0 Å². The summed E-state index contributed by atoms with van der Waals surface area (Å²) in [6, 6.07) is 0. The molecule has 0 radical (unpaired) electrons. The largest absolute Gasteiger partial charge is 0.462 e. The van der Waals surface area contributed by atoms with E-state index in [2.05, 4.69) is 45.9 Å². The molecule has 0 aromatic heterocycles. The molecular weight excluding hydrogens is 572 g/mol. The maximum absolute atomic E-state index is 12.8. The molecule has 0 saturated heterocycles. The Morgan fingerprint density at radius 1 is 0.894 bits per heavy atom. The van der Waals surface area contributed by atoms with Crippen LogP contribution in [0.15, 0.2) is 35.5 Å². The predicted octanol–water partition coefficient (Wildman–Crippen LogP) is 13.9. The molecule has 4 rings (SSSR count). The molecule has 268 valence electrons. The fraction of sp³-hybridized carbons (Fsp3) is 0.844. The zero-order valence-electron chi connectivity index (χ0n) is 37.1. The van der Waals surface area contributed by atoms with Crippen LogP contribution < -0.4 is 0 Å². The van der Waals surface area contributed by atoms with E-state index in [0.29, 0.717) is 42.4 Å². The number of unbranched alkanes of at least 4 members (excludes halogenated alkanes) is 11. The van der Waals surface area contributed by atoms with E-state index in [1.165, 1.54) is 102 Å². The number of allylic oxidation sites excluding steroid dienone is 5. The molecule has 0 aromatic carbocycles. The Morgan fingerprint density at radius 3 is 2.32 bits per heavy atom. The van der Waals surface area contributed by atoms with Gasteiger partial charge in [0.25, 0.3) is 0 Å². The number of rotatable bonds is 20. The van der Waals surface area contributed by atoms with Gasteiger partial charge in [0.15, 0.2) is 0 Å². The molecule has 2 heteroatoms. The van der Waals surface area contributed by atoms with Crippen LogP contribution >= 0.6 is 0 Å². The van der Waals surface area contributed by atoms with Gasteiger partial charge in [-0.05, 0) is 144 Å². The Kier molecular flexibility index (Phi) is 12.5. The van der Waals surface area contributed by atoms with E-state index in [1.54, 1.807) is 5.57 Å². The first kappa shape index (κ1) is 30.5. The van der Waals surface area contributed by atoms with E-state index in [0.717, 1.165) is 44.9 Å². The van der Waals surface area contributed by atoms with Crippen molar-refractivity contribution >= 4 is 5.97 Å². The van der Waals surface area contributed by atoms with E-state index < -0.39 is 13.7 Å². The number of esters is 1. The zero-order valence-corrected chi connectivity index (χ0v) is 31.1. The van der Waals surface area contributed by atoms with Crippen LogP contribution in [-0.4, -0.2) is 12.1 Å². The molecule has 0 amide bonds. The number of carbonyl (C=O) groups excluding carboxylic acids is 1. The third-order valence-corrected chi connectivity index (χ3v) is 13.7. The van der Waals surface area contributed by atoms with Gasteiger partial charge in [0.1, 0.15) is 6.10 Å². The van der Waals surface area contributed by atoms with Gasteiger partial charge in [-0.25, -0.2) is 0 Å². The number of hydrogen-bond donors (Lipinski definition) is 0. The maximum Gasteiger partial charge on any atom is 0.306 e. The number of ether oxygens (including phenoxy) is 1. The van der Waals surface area contributed by atoms with Gasteiger partial charge in [-0.3, -0.25) is 4.79 Å². The normalized spacial score (nSPS) is 34.7. The van der Waals surface area contributed by atoms with Crippen LogP contribution in [0.1, 0.15) is 204 Å². The van der Waals surface area contributed by atoms with Crippen LogP contribution in [0.3, 0.4) is 0 Å². The van der Waals surface area contributed by atoms with E-state index in [4.69, 9.17) is 13.0 Å². The summed E-state index contributed by atoms with van der Waals surface area (Å²) in [4.78, 5) is 12.8. The molecule has 2 nitrogen and oxygen atoms in total. The van der Waals surface area contributed by atoms with Gasteiger partial charge >= 0.3 is 5.97 Å². The van der Waals surface area contributed by atoms with Crippen molar-refractivity contribution in [2.45, 2.75) is 202 Å². The molecule has 0 heterocycles. The summed E-state index contributed by atoms with van der Waals surface area (Å²) in [6.45, 7) is 4.46. The first-order chi connectivity index (χ1) is 25.1. The van der Waals surface area contributed by atoms with Crippen LogP contribution in [0.5, 0.6) is 0 Å². The summed E-state index contributed by atoms with van der Waals surface area (Å²) < 4.78 is 52.4.